The number of hydrogen-bond donors (Lipinski definition) is 0. The SMILES string of the molecule is CC=CC#CC#CC#CC=C[C@H](COC(C)=O)OC(C)=O. The second-order valence-corrected chi connectivity index (χ2v) is 3.60. The molecule has 0 aliphatic heterocycles. The van der Waals surface area contributed by atoms with E-state index in [0.717, 1.165) is 0 Å². The Balaban J connectivity index is 4.47. The minimum Gasteiger partial charge on any atom is -0.462 e. The largest absolute Gasteiger partial charge is 0.462 e. The molecule has 0 aliphatic carbocycles. The third kappa shape index (κ3) is 13.3. The molecule has 4 nitrogen and oxygen atoms in total. The number of rotatable bonds is 4. The lowest BCUT2D eigenvalue weighted by Gasteiger charge is -2.11. The number of ether oxygens (including phenoxy) is 2. The van der Waals surface area contributed by atoms with Gasteiger partial charge in [-0.3, -0.25) is 9.59 Å². The molecule has 0 amide bonds. The summed E-state index contributed by atoms with van der Waals surface area (Å²) < 4.78 is 9.71. The summed E-state index contributed by atoms with van der Waals surface area (Å²) in [6.45, 7) is 4.36. The van der Waals surface area contributed by atoms with E-state index in [1.807, 2.05) is 6.92 Å². The van der Waals surface area contributed by atoms with Crippen molar-refractivity contribution in [3.63, 3.8) is 0 Å². The molecule has 1 atom stereocenters. The van der Waals surface area contributed by atoms with Crippen LogP contribution >= 0.6 is 0 Å². The van der Waals surface area contributed by atoms with Crippen LogP contribution in [0.15, 0.2) is 24.3 Å². The maximum absolute atomic E-state index is 10.9. The Morgan fingerprint density at radius 1 is 1.00 bits per heavy atom. The maximum Gasteiger partial charge on any atom is 0.303 e. The molecule has 0 aromatic carbocycles. The molecular weight excluding hydrogens is 268 g/mol. The van der Waals surface area contributed by atoms with Crippen molar-refractivity contribution < 1.29 is 19.1 Å². The number of carbonyl (C=O) groups excluding carboxylic acids is 2. The highest BCUT2D eigenvalue weighted by Crippen LogP contribution is 1.97. The molecule has 108 valence electrons. The van der Waals surface area contributed by atoms with Gasteiger partial charge in [0.25, 0.3) is 0 Å². The Hall–Kier alpha value is -2.90. The molecule has 0 bridgehead atoms. The Kier molecular flexibility index (Phi) is 10.5. The van der Waals surface area contributed by atoms with Crippen LogP contribution in [0.25, 0.3) is 0 Å². The number of hydrogen-bond acceptors (Lipinski definition) is 4. The quantitative estimate of drug-likeness (QED) is 0.581. The fourth-order valence-corrected chi connectivity index (χ4v) is 0.998. The van der Waals surface area contributed by atoms with Crippen LogP contribution in [-0.2, 0) is 19.1 Å². The van der Waals surface area contributed by atoms with E-state index in [0.29, 0.717) is 0 Å². The van der Waals surface area contributed by atoms with Gasteiger partial charge in [0.2, 0.25) is 0 Å². The van der Waals surface area contributed by atoms with Crippen molar-refractivity contribution in [3.05, 3.63) is 24.3 Å². The standard InChI is InChI=1S/C17H16O4/c1-4-5-6-7-8-9-10-11-12-13-17(21-16(3)19)14-20-15(2)18/h4-5,12-13,17H,14H2,1-3H3/t17-/m1/s1. The first kappa shape index (κ1) is 18.1. The van der Waals surface area contributed by atoms with Gasteiger partial charge in [-0.1, -0.05) is 17.9 Å². The Morgan fingerprint density at radius 3 is 2.14 bits per heavy atom. The van der Waals surface area contributed by atoms with E-state index in [1.54, 1.807) is 12.2 Å². The van der Waals surface area contributed by atoms with Crippen LogP contribution in [0.3, 0.4) is 0 Å². The smallest absolute Gasteiger partial charge is 0.303 e. The molecular formula is C17H16O4. The summed E-state index contributed by atoms with van der Waals surface area (Å²) in [5.41, 5.74) is 0. The van der Waals surface area contributed by atoms with Gasteiger partial charge in [-0.15, -0.1) is 0 Å². The second kappa shape index (κ2) is 12.2. The maximum atomic E-state index is 10.9. The zero-order chi connectivity index (χ0) is 15.9. The summed E-state index contributed by atoms with van der Waals surface area (Å²) in [5, 5.41) is 0. The molecule has 0 saturated heterocycles. The van der Waals surface area contributed by atoms with Crippen LogP contribution in [0.1, 0.15) is 20.8 Å². The minimum atomic E-state index is -0.664. The molecule has 0 aromatic rings. The first-order valence-electron chi connectivity index (χ1n) is 6.15. The van der Waals surface area contributed by atoms with Gasteiger partial charge in [0, 0.05) is 13.8 Å². The van der Waals surface area contributed by atoms with Gasteiger partial charge in [0.15, 0.2) is 6.10 Å². The second-order valence-electron chi connectivity index (χ2n) is 3.60. The number of allylic oxidation sites excluding steroid dienone is 3. The van der Waals surface area contributed by atoms with Crippen molar-refractivity contribution in [1.29, 1.82) is 0 Å². The van der Waals surface area contributed by atoms with Crippen LogP contribution in [0.4, 0.5) is 0 Å². The van der Waals surface area contributed by atoms with Gasteiger partial charge in [-0.25, -0.2) is 0 Å². The third-order valence-corrected chi connectivity index (χ3v) is 1.74. The monoisotopic (exact) mass is 284 g/mol. The molecule has 0 fully saturated rings. The first-order valence-corrected chi connectivity index (χ1v) is 6.15. The molecule has 0 spiro atoms. The lowest BCUT2D eigenvalue weighted by atomic mass is 10.3. The van der Waals surface area contributed by atoms with Crippen LogP contribution in [0.2, 0.25) is 0 Å². The topological polar surface area (TPSA) is 52.6 Å². The highest BCUT2D eigenvalue weighted by Gasteiger charge is 2.09. The van der Waals surface area contributed by atoms with Crippen molar-refractivity contribution in [2.24, 2.45) is 0 Å². The van der Waals surface area contributed by atoms with E-state index < -0.39 is 18.0 Å². The molecule has 0 aliphatic rings. The van der Waals surface area contributed by atoms with E-state index in [-0.39, 0.29) is 6.61 Å². The van der Waals surface area contributed by atoms with Crippen molar-refractivity contribution >= 4 is 11.9 Å². The normalized spacial score (nSPS) is 10.4. The van der Waals surface area contributed by atoms with E-state index in [1.165, 1.54) is 26.0 Å². The fraction of sp³-hybridized carbons (Fsp3) is 0.294. The van der Waals surface area contributed by atoms with Crippen LogP contribution in [-0.4, -0.2) is 24.6 Å². The summed E-state index contributed by atoms with van der Waals surface area (Å²) in [5.74, 6) is 14.7. The van der Waals surface area contributed by atoms with E-state index in [4.69, 9.17) is 9.47 Å². The predicted molar refractivity (Wildman–Crippen MR) is 79.5 cm³/mol. The lowest BCUT2D eigenvalue weighted by molar-refractivity contribution is -0.153. The molecule has 4 heteroatoms. The summed E-state index contributed by atoms with van der Waals surface area (Å²) in [6.07, 6.45) is 5.82. The fourth-order valence-electron chi connectivity index (χ4n) is 0.998. The molecule has 21 heavy (non-hydrogen) atoms. The summed E-state index contributed by atoms with van der Waals surface area (Å²) in [4.78, 5) is 21.6. The lowest BCUT2D eigenvalue weighted by Crippen LogP contribution is -2.21. The van der Waals surface area contributed by atoms with Gasteiger partial charge in [-0.2, -0.15) is 0 Å². The van der Waals surface area contributed by atoms with Gasteiger partial charge in [-0.05, 0) is 48.8 Å². The highest BCUT2D eigenvalue weighted by molar-refractivity contribution is 5.67. The average molecular weight is 284 g/mol. The van der Waals surface area contributed by atoms with Gasteiger partial charge >= 0.3 is 11.9 Å². The number of carbonyl (C=O) groups is 2. The van der Waals surface area contributed by atoms with Crippen molar-refractivity contribution in [3.8, 4) is 35.5 Å². The van der Waals surface area contributed by atoms with Crippen molar-refractivity contribution in [2.75, 3.05) is 6.61 Å². The minimum absolute atomic E-state index is 0.0480. The molecule has 0 aromatic heterocycles. The van der Waals surface area contributed by atoms with Gasteiger partial charge < -0.3 is 9.47 Å². The summed E-state index contributed by atoms with van der Waals surface area (Å²) in [6, 6.07) is 0. The van der Waals surface area contributed by atoms with Crippen molar-refractivity contribution in [2.45, 2.75) is 26.9 Å². The highest BCUT2D eigenvalue weighted by atomic mass is 16.6. The van der Waals surface area contributed by atoms with Crippen LogP contribution in [0.5, 0.6) is 0 Å². The summed E-state index contributed by atoms with van der Waals surface area (Å²) >= 11 is 0. The summed E-state index contributed by atoms with van der Waals surface area (Å²) in [7, 11) is 0. The molecule has 0 radical (unpaired) electrons. The zero-order valence-electron chi connectivity index (χ0n) is 12.2. The van der Waals surface area contributed by atoms with Gasteiger partial charge in [0.1, 0.15) is 6.61 Å². The molecule has 0 N–H and O–H groups in total. The van der Waals surface area contributed by atoms with Crippen LogP contribution in [0, 0.1) is 35.5 Å². The third-order valence-electron chi connectivity index (χ3n) is 1.74. The molecule has 0 rings (SSSR count). The number of esters is 2. The average Bonchev–Trinajstić information content (AvgIpc) is 2.42. The Bertz CT molecular complexity index is 592. The van der Waals surface area contributed by atoms with E-state index in [2.05, 4.69) is 35.5 Å². The Labute approximate surface area is 125 Å². The molecule has 0 saturated carbocycles. The Morgan fingerprint density at radius 2 is 1.62 bits per heavy atom. The van der Waals surface area contributed by atoms with Crippen LogP contribution < -0.4 is 0 Å². The first-order chi connectivity index (χ1) is 10.1. The van der Waals surface area contributed by atoms with E-state index in [9.17, 15) is 9.59 Å². The molecule has 0 unspecified atom stereocenters. The van der Waals surface area contributed by atoms with Gasteiger partial charge in [0.05, 0.1) is 0 Å². The van der Waals surface area contributed by atoms with Crippen molar-refractivity contribution in [1.82, 2.24) is 0 Å². The zero-order valence-corrected chi connectivity index (χ0v) is 12.2. The predicted octanol–water partition coefficient (Wildman–Crippen LogP) is 1.62. The molecule has 0 heterocycles. The van der Waals surface area contributed by atoms with E-state index >= 15 is 0 Å².